The number of hydrogen-bond donors (Lipinski definition) is 3. The molecule has 1 amide bonds. The van der Waals surface area contributed by atoms with Crippen molar-refractivity contribution in [2.45, 2.75) is 20.8 Å². The van der Waals surface area contributed by atoms with Gasteiger partial charge in [-0.15, -0.1) is 11.3 Å². The van der Waals surface area contributed by atoms with E-state index in [4.69, 9.17) is 5.73 Å². The summed E-state index contributed by atoms with van der Waals surface area (Å²) in [6.45, 7) is 5.91. The summed E-state index contributed by atoms with van der Waals surface area (Å²) in [5, 5.41) is 6.44. The fourth-order valence-corrected chi connectivity index (χ4v) is 4.24. The van der Waals surface area contributed by atoms with Crippen LogP contribution in [0.3, 0.4) is 0 Å². The Bertz CT molecular complexity index is 1270. The molecule has 0 aliphatic rings. The van der Waals surface area contributed by atoms with Gasteiger partial charge in [0.15, 0.2) is 0 Å². The van der Waals surface area contributed by atoms with Gasteiger partial charge < -0.3 is 11.1 Å². The van der Waals surface area contributed by atoms with Crippen LogP contribution in [0, 0.1) is 20.8 Å². The third-order valence-electron chi connectivity index (χ3n) is 4.87. The van der Waals surface area contributed by atoms with Crippen molar-refractivity contribution in [3.63, 3.8) is 0 Å². The zero-order valence-electron chi connectivity index (χ0n) is 15.7. The molecule has 0 aliphatic carbocycles. The average Bonchev–Trinajstić information content (AvgIpc) is 3.20. The number of pyridine rings is 1. The number of rotatable bonds is 3. The van der Waals surface area contributed by atoms with Gasteiger partial charge in [-0.1, -0.05) is 18.2 Å². The number of benzene rings is 1. The lowest BCUT2D eigenvalue weighted by Gasteiger charge is -2.06. The van der Waals surface area contributed by atoms with Crippen LogP contribution in [0.15, 0.2) is 41.2 Å². The average molecular weight is 393 g/mol. The second-order valence-corrected chi connectivity index (χ2v) is 7.60. The zero-order chi connectivity index (χ0) is 20.0. The summed E-state index contributed by atoms with van der Waals surface area (Å²) in [5.74, 6) is -0.0792. The van der Waals surface area contributed by atoms with Gasteiger partial charge in [-0.2, -0.15) is 0 Å². The molecule has 0 saturated carbocycles. The quantitative estimate of drug-likeness (QED) is 0.495. The third-order valence-corrected chi connectivity index (χ3v) is 5.96. The number of fused-ring (bicyclic) bond motifs is 1. The molecule has 0 unspecified atom stereocenters. The molecular formula is C20H19N5O2S. The largest absolute Gasteiger partial charge is 0.397 e. The zero-order valence-corrected chi connectivity index (χ0v) is 16.5. The van der Waals surface area contributed by atoms with E-state index >= 15 is 0 Å². The molecule has 0 fully saturated rings. The normalized spacial score (nSPS) is 11.1. The van der Waals surface area contributed by atoms with Gasteiger partial charge >= 0.3 is 0 Å². The standard InChI is InChI=1S/C20H19N5O2S/c1-10-11(2)16-17(21)18(28-20(16)22-12(10)3)19(27)23-14-9-15(26)25(24-14)13-7-5-4-6-8-13/h4-9,24H,21H2,1-3H3,(H,23,27). The van der Waals surface area contributed by atoms with Gasteiger partial charge in [0.2, 0.25) is 0 Å². The molecule has 0 atom stereocenters. The van der Waals surface area contributed by atoms with Crippen LogP contribution in [-0.2, 0) is 0 Å². The van der Waals surface area contributed by atoms with Crippen LogP contribution in [0.2, 0.25) is 0 Å². The molecule has 142 valence electrons. The van der Waals surface area contributed by atoms with Crippen molar-refractivity contribution in [2.75, 3.05) is 11.1 Å². The van der Waals surface area contributed by atoms with E-state index < -0.39 is 0 Å². The maximum atomic E-state index is 12.8. The fraction of sp³-hybridized carbons (Fsp3) is 0.150. The van der Waals surface area contributed by atoms with Gasteiger partial charge in [-0.25, -0.2) is 9.67 Å². The summed E-state index contributed by atoms with van der Waals surface area (Å²) in [6, 6.07) is 10.5. The first kappa shape index (κ1) is 18.0. The molecule has 0 spiro atoms. The number of thiophene rings is 1. The van der Waals surface area contributed by atoms with Crippen molar-refractivity contribution < 1.29 is 4.79 Å². The molecule has 4 rings (SSSR count). The number of hydrogen-bond acceptors (Lipinski definition) is 5. The lowest BCUT2D eigenvalue weighted by atomic mass is 10.1. The van der Waals surface area contributed by atoms with E-state index in [1.165, 1.54) is 22.1 Å². The molecule has 7 nitrogen and oxygen atoms in total. The number of aromatic amines is 1. The lowest BCUT2D eigenvalue weighted by molar-refractivity contribution is 0.103. The minimum Gasteiger partial charge on any atom is -0.397 e. The monoisotopic (exact) mass is 393 g/mol. The second kappa shape index (κ2) is 6.65. The summed E-state index contributed by atoms with van der Waals surface area (Å²) >= 11 is 1.25. The van der Waals surface area contributed by atoms with Crippen molar-refractivity contribution in [1.82, 2.24) is 14.8 Å². The molecule has 4 aromatic rings. The highest BCUT2D eigenvalue weighted by molar-refractivity contribution is 7.21. The second-order valence-electron chi connectivity index (χ2n) is 6.61. The molecule has 0 bridgehead atoms. The molecule has 3 heterocycles. The van der Waals surface area contributed by atoms with Crippen molar-refractivity contribution >= 4 is 39.0 Å². The van der Waals surface area contributed by atoms with Crippen LogP contribution >= 0.6 is 11.3 Å². The predicted octanol–water partition coefficient (Wildman–Crippen LogP) is 3.54. The Morgan fingerprint density at radius 1 is 1.18 bits per heavy atom. The smallest absolute Gasteiger partial charge is 0.273 e. The van der Waals surface area contributed by atoms with Crippen molar-refractivity contribution in [3.8, 4) is 5.69 Å². The van der Waals surface area contributed by atoms with E-state index in [9.17, 15) is 9.59 Å². The minimum atomic E-state index is -0.378. The van der Waals surface area contributed by atoms with Crippen molar-refractivity contribution in [1.29, 1.82) is 0 Å². The Kier molecular flexibility index (Phi) is 4.27. The number of nitrogens with zero attached hydrogens (tertiary/aromatic N) is 2. The Morgan fingerprint density at radius 2 is 1.89 bits per heavy atom. The van der Waals surface area contributed by atoms with Crippen LogP contribution < -0.4 is 16.6 Å². The van der Waals surface area contributed by atoms with Gasteiger partial charge in [-0.05, 0) is 44.0 Å². The molecule has 4 N–H and O–H groups in total. The van der Waals surface area contributed by atoms with Gasteiger partial charge in [0.25, 0.3) is 11.5 Å². The first-order chi connectivity index (χ1) is 13.4. The van der Waals surface area contributed by atoms with Gasteiger partial charge in [0.05, 0.1) is 11.4 Å². The van der Waals surface area contributed by atoms with Gasteiger partial charge in [0, 0.05) is 17.1 Å². The Labute approximate surface area is 164 Å². The molecule has 28 heavy (non-hydrogen) atoms. The number of nitrogens with one attached hydrogen (secondary N) is 2. The number of amides is 1. The van der Waals surface area contributed by atoms with E-state index in [2.05, 4.69) is 15.4 Å². The highest BCUT2D eigenvalue weighted by atomic mass is 32.1. The topological polar surface area (TPSA) is 106 Å². The number of carbonyl (C=O) groups is 1. The van der Waals surface area contributed by atoms with Crippen molar-refractivity contribution in [2.24, 2.45) is 0 Å². The molecule has 8 heteroatoms. The first-order valence-electron chi connectivity index (χ1n) is 8.71. The molecular weight excluding hydrogens is 374 g/mol. The van der Waals surface area contributed by atoms with E-state index in [1.54, 1.807) is 12.1 Å². The number of carbonyl (C=O) groups excluding carboxylic acids is 1. The number of aromatic nitrogens is 3. The van der Waals surface area contributed by atoms with E-state index in [0.29, 0.717) is 22.1 Å². The number of H-pyrrole nitrogens is 1. The maximum Gasteiger partial charge on any atom is 0.273 e. The minimum absolute atomic E-state index is 0.269. The SMILES string of the molecule is Cc1nc2sc(C(=O)Nc3cc(=O)n(-c4ccccc4)[nH]3)c(N)c2c(C)c1C. The van der Waals surface area contributed by atoms with Gasteiger partial charge in [-0.3, -0.25) is 14.7 Å². The molecule has 0 saturated heterocycles. The van der Waals surface area contributed by atoms with E-state index in [-0.39, 0.29) is 11.5 Å². The van der Waals surface area contributed by atoms with Crippen molar-refractivity contribution in [3.05, 3.63) is 68.4 Å². The Morgan fingerprint density at radius 3 is 2.61 bits per heavy atom. The van der Waals surface area contributed by atoms with Gasteiger partial charge in [0.1, 0.15) is 15.5 Å². The van der Waals surface area contributed by atoms with E-state index in [1.807, 2.05) is 39.0 Å². The van der Waals surface area contributed by atoms with Crippen LogP contribution in [0.1, 0.15) is 26.5 Å². The van der Waals surface area contributed by atoms with Crippen LogP contribution in [0.4, 0.5) is 11.5 Å². The fourth-order valence-electron chi connectivity index (χ4n) is 3.14. The summed E-state index contributed by atoms with van der Waals surface area (Å²) in [5.41, 5.74) is 10.1. The summed E-state index contributed by atoms with van der Waals surface area (Å²) in [6.07, 6.45) is 0. The van der Waals surface area contributed by atoms with Crippen LogP contribution in [0.5, 0.6) is 0 Å². The molecule has 0 aliphatic heterocycles. The summed E-state index contributed by atoms with van der Waals surface area (Å²) in [7, 11) is 0. The highest BCUT2D eigenvalue weighted by Gasteiger charge is 2.21. The lowest BCUT2D eigenvalue weighted by Crippen LogP contribution is -2.13. The predicted molar refractivity (Wildman–Crippen MR) is 113 cm³/mol. The Balaban J connectivity index is 1.69. The van der Waals surface area contributed by atoms with Crippen LogP contribution in [-0.4, -0.2) is 20.7 Å². The summed E-state index contributed by atoms with van der Waals surface area (Å²) < 4.78 is 1.36. The number of nitrogens with two attached hydrogens (primary N) is 1. The highest BCUT2D eigenvalue weighted by Crippen LogP contribution is 2.36. The summed E-state index contributed by atoms with van der Waals surface area (Å²) in [4.78, 5) is 30.7. The Hall–Kier alpha value is -3.39. The molecule has 1 aromatic carbocycles. The first-order valence-corrected chi connectivity index (χ1v) is 9.53. The number of nitrogen functional groups attached to an aromatic ring is 1. The number of para-hydroxylation sites is 1. The molecule has 3 aromatic heterocycles. The number of anilines is 2. The molecule has 0 radical (unpaired) electrons. The maximum absolute atomic E-state index is 12.8. The van der Waals surface area contributed by atoms with Crippen LogP contribution in [0.25, 0.3) is 15.9 Å². The van der Waals surface area contributed by atoms with E-state index in [0.717, 1.165) is 27.0 Å². The third kappa shape index (κ3) is 2.87. The number of aryl methyl sites for hydroxylation is 2.